The van der Waals surface area contributed by atoms with E-state index >= 15 is 0 Å². The number of aromatic nitrogens is 2. The van der Waals surface area contributed by atoms with Crippen molar-refractivity contribution in [1.82, 2.24) is 7.91 Å². The molecule has 6 heteroatoms. The van der Waals surface area contributed by atoms with Gasteiger partial charge in [0.1, 0.15) is 0 Å². The number of nitrogens with zero attached hydrogens (tertiary/aromatic N) is 2. The van der Waals surface area contributed by atoms with Gasteiger partial charge >= 0.3 is 0 Å². The molecule has 76 valence electrons. The van der Waals surface area contributed by atoms with Gasteiger partial charge in [-0.15, -0.1) is 0 Å². The molecule has 2 aromatic heterocycles. The summed E-state index contributed by atoms with van der Waals surface area (Å²) in [5.74, 6) is 0. The van der Waals surface area contributed by atoms with E-state index < -0.39 is 0 Å². The molecule has 0 aromatic carbocycles. The Morgan fingerprint density at radius 1 is 0.929 bits per heavy atom. The summed E-state index contributed by atoms with van der Waals surface area (Å²) in [6.07, 6.45) is 0. The molecule has 0 radical (unpaired) electrons. The molecular weight excluding hydrogens is 220 g/mol. The van der Waals surface area contributed by atoms with E-state index in [1.54, 1.807) is 44.9 Å². The first-order valence-electron chi connectivity index (χ1n) is 3.83. The summed E-state index contributed by atoms with van der Waals surface area (Å²) in [6.45, 7) is 0. The van der Waals surface area contributed by atoms with Gasteiger partial charge in [0.25, 0.3) is 11.1 Å². The Kier molecular flexibility index (Phi) is 3.84. The number of hydrogen-bond acceptors (Lipinski definition) is 4. The highest BCUT2D eigenvalue weighted by Crippen LogP contribution is 1.85. The number of rotatable bonds is 0. The van der Waals surface area contributed by atoms with Gasteiger partial charge in [-0.3, -0.25) is 17.5 Å². The molecule has 0 amide bonds. The molecule has 2 heterocycles. The average molecular weight is 230 g/mol. The van der Waals surface area contributed by atoms with Crippen LogP contribution in [0.1, 0.15) is 0 Å². The fourth-order valence-corrected chi connectivity index (χ4v) is 1.72. The Morgan fingerprint density at radius 2 is 1.29 bits per heavy atom. The first kappa shape index (κ1) is 10.9. The number of hydrogen-bond donors (Lipinski definition) is 0. The van der Waals surface area contributed by atoms with Gasteiger partial charge in [-0.25, -0.2) is 0 Å². The lowest BCUT2D eigenvalue weighted by Gasteiger charge is -1.76. The van der Waals surface area contributed by atoms with Gasteiger partial charge < -0.3 is 0 Å². The van der Waals surface area contributed by atoms with E-state index in [-0.39, 0.29) is 11.1 Å². The molecule has 0 saturated heterocycles. The van der Waals surface area contributed by atoms with E-state index in [0.717, 1.165) is 0 Å². The predicted octanol–water partition coefficient (Wildman–Crippen LogP) is 0.894. The smallest absolute Gasteiger partial charge is 0.260 e. The van der Waals surface area contributed by atoms with Gasteiger partial charge in [-0.1, -0.05) is 23.1 Å². The van der Waals surface area contributed by atoms with Gasteiger partial charge in [0.05, 0.1) is 0 Å². The topological polar surface area (TPSA) is 44.0 Å². The minimum atomic E-state index is 0.0741. The fourth-order valence-electron chi connectivity index (χ4n) is 0.674. The monoisotopic (exact) mass is 230 g/mol. The van der Waals surface area contributed by atoms with Crippen molar-refractivity contribution in [3.05, 3.63) is 43.6 Å². The van der Waals surface area contributed by atoms with Crippen molar-refractivity contribution < 1.29 is 0 Å². The molecule has 0 spiro atoms. The summed E-state index contributed by atoms with van der Waals surface area (Å²) in [5, 5.41) is 3.53. The van der Waals surface area contributed by atoms with Crippen LogP contribution in [0.3, 0.4) is 0 Å². The Hall–Kier alpha value is -1.14. The Labute approximate surface area is 89.0 Å². The highest BCUT2D eigenvalue weighted by molar-refractivity contribution is 7.04. The van der Waals surface area contributed by atoms with Crippen molar-refractivity contribution in [3.63, 3.8) is 0 Å². The molecule has 2 aromatic rings. The van der Waals surface area contributed by atoms with Crippen molar-refractivity contribution in [2.75, 3.05) is 0 Å². The summed E-state index contributed by atoms with van der Waals surface area (Å²) < 4.78 is 3.14. The molecule has 4 nitrogen and oxygen atoms in total. The third-order valence-electron chi connectivity index (χ3n) is 1.48. The van der Waals surface area contributed by atoms with Crippen LogP contribution in [0.4, 0.5) is 0 Å². The third kappa shape index (κ3) is 2.97. The zero-order chi connectivity index (χ0) is 10.6. The lowest BCUT2D eigenvalue weighted by molar-refractivity contribution is 0.981. The van der Waals surface area contributed by atoms with Crippen molar-refractivity contribution in [2.24, 2.45) is 14.1 Å². The highest BCUT2D eigenvalue weighted by Gasteiger charge is 1.83. The average Bonchev–Trinajstić information content (AvgIpc) is 2.67. The van der Waals surface area contributed by atoms with Crippen LogP contribution in [0, 0.1) is 0 Å². The minimum absolute atomic E-state index is 0.0741. The SMILES string of the molecule is Cn1sccc1=O.Cn1sccc1=O. The number of aryl methyl sites for hydroxylation is 2. The Morgan fingerprint density at radius 3 is 1.36 bits per heavy atom. The van der Waals surface area contributed by atoms with Crippen LogP contribution in [0.15, 0.2) is 32.5 Å². The summed E-state index contributed by atoms with van der Waals surface area (Å²) in [5.41, 5.74) is 0.148. The Bertz CT molecular complexity index is 445. The van der Waals surface area contributed by atoms with Crippen molar-refractivity contribution in [3.8, 4) is 0 Å². The molecule has 0 fully saturated rings. The van der Waals surface area contributed by atoms with E-state index in [4.69, 9.17) is 0 Å². The fraction of sp³-hybridized carbons (Fsp3) is 0.250. The molecule has 0 aliphatic rings. The summed E-state index contributed by atoms with van der Waals surface area (Å²) in [6, 6.07) is 3.09. The van der Waals surface area contributed by atoms with Gasteiger partial charge in [0.15, 0.2) is 0 Å². The largest absolute Gasteiger partial charge is 0.268 e. The summed E-state index contributed by atoms with van der Waals surface area (Å²) in [7, 11) is 3.49. The minimum Gasteiger partial charge on any atom is -0.268 e. The normalized spacial score (nSPS) is 9.29. The van der Waals surface area contributed by atoms with Crippen LogP contribution in [0.2, 0.25) is 0 Å². The molecule has 0 N–H and O–H groups in total. The van der Waals surface area contributed by atoms with Crippen molar-refractivity contribution >= 4 is 23.1 Å². The van der Waals surface area contributed by atoms with E-state index in [0.29, 0.717) is 0 Å². The second-order valence-corrected chi connectivity index (χ2v) is 4.55. The van der Waals surface area contributed by atoms with Crippen LogP contribution in [0.25, 0.3) is 0 Å². The summed E-state index contributed by atoms with van der Waals surface area (Å²) in [4.78, 5) is 20.8. The first-order chi connectivity index (χ1) is 6.61. The summed E-state index contributed by atoms with van der Waals surface area (Å²) >= 11 is 2.82. The van der Waals surface area contributed by atoms with E-state index in [1.807, 2.05) is 0 Å². The van der Waals surface area contributed by atoms with Crippen molar-refractivity contribution in [1.29, 1.82) is 0 Å². The van der Waals surface area contributed by atoms with Crippen LogP contribution in [-0.4, -0.2) is 7.91 Å². The lowest BCUT2D eigenvalue weighted by Crippen LogP contribution is -2.05. The molecular formula is C8H10N2O2S2. The quantitative estimate of drug-likeness (QED) is 0.674. The molecule has 0 aliphatic carbocycles. The standard InChI is InChI=1S/2C4H5NOS/c2*1-5-4(6)2-3-7-5/h2*2-3H,1H3. The van der Waals surface area contributed by atoms with E-state index in [1.165, 1.54) is 23.1 Å². The second kappa shape index (κ2) is 4.92. The van der Waals surface area contributed by atoms with Crippen LogP contribution in [-0.2, 0) is 14.1 Å². The predicted molar refractivity (Wildman–Crippen MR) is 59.1 cm³/mol. The van der Waals surface area contributed by atoms with Crippen LogP contribution < -0.4 is 11.1 Å². The van der Waals surface area contributed by atoms with E-state index in [9.17, 15) is 9.59 Å². The van der Waals surface area contributed by atoms with Crippen LogP contribution >= 0.6 is 23.1 Å². The van der Waals surface area contributed by atoms with Gasteiger partial charge in [-0.05, 0) is 0 Å². The molecule has 0 saturated carbocycles. The first-order valence-corrected chi connectivity index (χ1v) is 5.50. The maximum Gasteiger partial charge on any atom is 0.260 e. The van der Waals surface area contributed by atoms with E-state index in [2.05, 4.69) is 0 Å². The molecule has 14 heavy (non-hydrogen) atoms. The van der Waals surface area contributed by atoms with Gasteiger partial charge in [0, 0.05) is 37.0 Å². The maximum absolute atomic E-state index is 10.4. The van der Waals surface area contributed by atoms with Gasteiger partial charge in [0.2, 0.25) is 0 Å². The molecule has 0 bridgehead atoms. The second-order valence-electron chi connectivity index (χ2n) is 2.49. The lowest BCUT2D eigenvalue weighted by atomic mass is 10.7. The molecule has 2 rings (SSSR count). The zero-order valence-electron chi connectivity index (χ0n) is 7.84. The molecule has 0 aliphatic heterocycles. The molecule has 0 unspecified atom stereocenters. The molecule has 0 atom stereocenters. The Balaban J connectivity index is 0.000000140. The van der Waals surface area contributed by atoms with Crippen molar-refractivity contribution in [2.45, 2.75) is 0 Å². The zero-order valence-corrected chi connectivity index (χ0v) is 9.47. The third-order valence-corrected chi connectivity index (χ3v) is 2.99. The highest BCUT2D eigenvalue weighted by atomic mass is 32.1. The maximum atomic E-state index is 10.4. The van der Waals surface area contributed by atoms with Crippen LogP contribution in [0.5, 0.6) is 0 Å². The van der Waals surface area contributed by atoms with Gasteiger partial charge in [-0.2, -0.15) is 0 Å².